The highest BCUT2D eigenvalue weighted by Crippen LogP contribution is 2.26. The number of aryl methyl sites for hydroxylation is 1. The second kappa shape index (κ2) is 8.91. The minimum absolute atomic E-state index is 0.00475. The molecule has 0 fully saturated rings. The number of hydrogen-bond donors (Lipinski definition) is 1. The number of halogens is 3. The van der Waals surface area contributed by atoms with Crippen LogP contribution in [-0.4, -0.2) is 37.0 Å². The van der Waals surface area contributed by atoms with Crippen LogP contribution in [0.15, 0.2) is 39.8 Å². The third-order valence-electron chi connectivity index (χ3n) is 2.98. The van der Waals surface area contributed by atoms with Crippen LogP contribution in [0.3, 0.4) is 0 Å². The lowest BCUT2D eigenvalue weighted by Crippen LogP contribution is -2.29. The van der Waals surface area contributed by atoms with Crippen molar-refractivity contribution in [3.8, 4) is 0 Å². The number of ether oxygens (including phenoxy) is 1. The van der Waals surface area contributed by atoms with Crippen molar-refractivity contribution in [3.05, 3.63) is 47.3 Å². The first kappa shape index (κ1) is 19.3. The molecule has 25 heavy (non-hydrogen) atoms. The molecular weight excluding hydrogens is 357 g/mol. The first-order valence-corrected chi connectivity index (χ1v) is 8.40. The third kappa shape index (κ3) is 6.79. The van der Waals surface area contributed by atoms with Crippen molar-refractivity contribution < 1.29 is 27.2 Å². The molecule has 0 radical (unpaired) electrons. The van der Waals surface area contributed by atoms with Crippen LogP contribution in [0.2, 0.25) is 0 Å². The van der Waals surface area contributed by atoms with Crippen molar-refractivity contribution in [3.63, 3.8) is 0 Å². The molecule has 2 aromatic rings. The van der Waals surface area contributed by atoms with Crippen LogP contribution in [0.1, 0.15) is 21.8 Å². The summed E-state index contributed by atoms with van der Waals surface area (Å²) in [6.07, 6.45) is -4.37. The average Bonchev–Trinajstić information content (AvgIpc) is 2.97. The largest absolute Gasteiger partial charge is 0.411 e. The van der Waals surface area contributed by atoms with E-state index in [9.17, 15) is 18.0 Å². The first-order chi connectivity index (χ1) is 11.8. The van der Waals surface area contributed by atoms with Crippen LogP contribution >= 0.6 is 11.8 Å². The molecule has 0 saturated heterocycles. The van der Waals surface area contributed by atoms with Crippen LogP contribution < -0.4 is 5.32 Å². The maximum Gasteiger partial charge on any atom is 0.411 e. The van der Waals surface area contributed by atoms with E-state index in [2.05, 4.69) is 15.2 Å². The number of hydrogen-bond acceptors (Lipinski definition) is 5. The number of nitrogens with one attached hydrogen (secondary N) is 1. The van der Waals surface area contributed by atoms with Gasteiger partial charge in [-0.1, -0.05) is 17.3 Å². The number of rotatable bonds is 8. The van der Waals surface area contributed by atoms with E-state index in [0.717, 1.165) is 10.6 Å². The fourth-order valence-corrected chi connectivity index (χ4v) is 2.86. The number of benzene rings is 1. The minimum Gasteiger partial charge on any atom is -0.370 e. The Hall–Kier alpha value is -2.00. The Kier molecular flexibility index (Phi) is 6.89. The zero-order chi connectivity index (χ0) is 18.3. The summed E-state index contributed by atoms with van der Waals surface area (Å²) in [5, 5.41) is 6.35. The molecule has 1 aromatic heterocycles. The van der Waals surface area contributed by atoms with Gasteiger partial charge >= 0.3 is 6.18 Å². The molecule has 0 aliphatic heterocycles. The summed E-state index contributed by atoms with van der Waals surface area (Å²) in [7, 11) is 0. The Bertz CT molecular complexity index is 704. The zero-order valence-corrected chi connectivity index (χ0v) is 14.2. The normalized spacial score (nSPS) is 11.5. The Morgan fingerprint density at radius 3 is 2.80 bits per heavy atom. The van der Waals surface area contributed by atoms with E-state index in [1.165, 1.54) is 11.8 Å². The van der Waals surface area contributed by atoms with Crippen LogP contribution in [0.25, 0.3) is 0 Å². The molecule has 0 saturated carbocycles. The second-order valence-electron chi connectivity index (χ2n) is 5.14. The van der Waals surface area contributed by atoms with Crippen LogP contribution in [0, 0.1) is 6.92 Å². The summed E-state index contributed by atoms with van der Waals surface area (Å²) >= 11 is 1.41. The van der Waals surface area contributed by atoms with Gasteiger partial charge in [-0.2, -0.15) is 13.2 Å². The van der Waals surface area contributed by atoms with Gasteiger partial charge in [-0.15, -0.1) is 11.8 Å². The molecule has 9 heteroatoms. The third-order valence-corrected chi connectivity index (χ3v) is 4.07. The smallest absolute Gasteiger partial charge is 0.370 e. The number of carbonyl (C=O) groups excluding carboxylic acids is 1. The number of thioether (sulfide) groups is 1. The Morgan fingerprint density at radius 1 is 1.36 bits per heavy atom. The van der Waals surface area contributed by atoms with E-state index in [1.807, 2.05) is 13.0 Å². The topological polar surface area (TPSA) is 64.4 Å². The van der Waals surface area contributed by atoms with Crippen LogP contribution in [-0.2, 0) is 10.5 Å². The van der Waals surface area contributed by atoms with E-state index >= 15 is 0 Å². The summed E-state index contributed by atoms with van der Waals surface area (Å²) in [5.41, 5.74) is 1.22. The maximum absolute atomic E-state index is 12.2. The van der Waals surface area contributed by atoms with Gasteiger partial charge in [0.1, 0.15) is 12.4 Å². The molecule has 1 heterocycles. The number of nitrogens with zero attached hydrogens (tertiary/aromatic N) is 1. The Labute approximate surface area is 146 Å². The standard InChI is InChI=1S/C16H17F3N2O3S/c1-11-8-12(24-21-11)9-25-14-5-3-2-4-13(14)15(22)20-6-7-23-10-16(17,18)19/h2-5,8H,6-7,9-10H2,1H3,(H,20,22). The van der Waals surface area contributed by atoms with Gasteiger partial charge in [0.15, 0.2) is 0 Å². The highest BCUT2D eigenvalue weighted by Gasteiger charge is 2.27. The van der Waals surface area contributed by atoms with Gasteiger partial charge in [-0.25, -0.2) is 0 Å². The minimum atomic E-state index is -4.37. The van der Waals surface area contributed by atoms with Crippen molar-refractivity contribution in [2.24, 2.45) is 0 Å². The van der Waals surface area contributed by atoms with E-state index in [0.29, 0.717) is 17.1 Å². The number of alkyl halides is 3. The van der Waals surface area contributed by atoms with Gasteiger partial charge in [0.05, 0.1) is 23.6 Å². The molecule has 0 atom stereocenters. The summed E-state index contributed by atoms with van der Waals surface area (Å²) in [4.78, 5) is 12.9. The molecule has 0 aliphatic carbocycles. The lowest BCUT2D eigenvalue weighted by Gasteiger charge is -2.10. The van der Waals surface area contributed by atoms with E-state index < -0.39 is 12.8 Å². The molecule has 1 amide bonds. The van der Waals surface area contributed by atoms with Gasteiger partial charge in [0.2, 0.25) is 0 Å². The predicted octanol–water partition coefficient (Wildman–Crippen LogP) is 3.58. The molecule has 0 aliphatic rings. The monoisotopic (exact) mass is 374 g/mol. The molecule has 1 N–H and O–H groups in total. The van der Waals surface area contributed by atoms with E-state index in [1.54, 1.807) is 24.3 Å². The number of carbonyl (C=O) groups is 1. The van der Waals surface area contributed by atoms with Crippen molar-refractivity contribution in [2.75, 3.05) is 19.8 Å². The quantitative estimate of drug-likeness (QED) is 0.565. The molecule has 0 bridgehead atoms. The van der Waals surface area contributed by atoms with Crippen molar-refractivity contribution in [1.29, 1.82) is 0 Å². The Morgan fingerprint density at radius 2 is 2.12 bits per heavy atom. The van der Waals surface area contributed by atoms with Crippen molar-refractivity contribution in [1.82, 2.24) is 10.5 Å². The lowest BCUT2D eigenvalue weighted by molar-refractivity contribution is -0.173. The number of amides is 1. The summed E-state index contributed by atoms with van der Waals surface area (Å²) in [6.45, 7) is 0.277. The van der Waals surface area contributed by atoms with Crippen molar-refractivity contribution >= 4 is 17.7 Å². The first-order valence-electron chi connectivity index (χ1n) is 7.42. The van der Waals surface area contributed by atoms with E-state index in [4.69, 9.17) is 4.52 Å². The highest BCUT2D eigenvalue weighted by molar-refractivity contribution is 7.98. The second-order valence-corrected chi connectivity index (χ2v) is 6.16. The van der Waals surface area contributed by atoms with Gasteiger partial charge in [-0.3, -0.25) is 4.79 Å². The van der Waals surface area contributed by atoms with Crippen molar-refractivity contribution in [2.45, 2.75) is 23.7 Å². The average molecular weight is 374 g/mol. The molecule has 1 aromatic carbocycles. The van der Waals surface area contributed by atoms with Gasteiger partial charge in [0, 0.05) is 17.5 Å². The highest BCUT2D eigenvalue weighted by atomic mass is 32.2. The zero-order valence-electron chi connectivity index (χ0n) is 13.4. The van der Waals surface area contributed by atoms with Gasteiger partial charge in [-0.05, 0) is 19.1 Å². The fourth-order valence-electron chi connectivity index (χ4n) is 1.93. The molecule has 136 valence electrons. The van der Waals surface area contributed by atoms with Gasteiger partial charge in [0.25, 0.3) is 5.91 Å². The molecule has 5 nitrogen and oxygen atoms in total. The molecular formula is C16H17F3N2O3S. The molecule has 0 unspecified atom stereocenters. The van der Waals surface area contributed by atoms with Crippen LogP contribution in [0.4, 0.5) is 13.2 Å². The molecule has 0 spiro atoms. The summed E-state index contributed by atoms with van der Waals surface area (Å²) < 4.78 is 45.5. The number of aromatic nitrogens is 1. The Balaban J connectivity index is 1.85. The lowest BCUT2D eigenvalue weighted by atomic mass is 10.2. The van der Waals surface area contributed by atoms with Gasteiger partial charge < -0.3 is 14.6 Å². The summed E-state index contributed by atoms with van der Waals surface area (Å²) in [5.74, 6) is 0.838. The maximum atomic E-state index is 12.2. The van der Waals surface area contributed by atoms with Crippen LogP contribution in [0.5, 0.6) is 0 Å². The molecule has 2 rings (SSSR count). The fraction of sp³-hybridized carbons (Fsp3) is 0.375. The summed E-state index contributed by atoms with van der Waals surface area (Å²) in [6, 6.07) is 8.78. The SMILES string of the molecule is Cc1cc(CSc2ccccc2C(=O)NCCOCC(F)(F)F)on1. The van der Waals surface area contributed by atoms with E-state index in [-0.39, 0.29) is 19.1 Å². The predicted molar refractivity (Wildman–Crippen MR) is 86.5 cm³/mol.